The van der Waals surface area contributed by atoms with Gasteiger partial charge in [0, 0.05) is 11.1 Å². The predicted molar refractivity (Wildman–Crippen MR) is 106 cm³/mol. The molecule has 0 amide bonds. The zero-order valence-corrected chi connectivity index (χ0v) is 14.6. The second-order valence-corrected chi connectivity index (χ2v) is 5.54. The fraction of sp³-hybridized carbons (Fsp3) is 0.0909. The van der Waals surface area contributed by atoms with Crippen LogP contribution in [0.15, 0.2) is 54.6 Å². The molecule has 1 heterocycles. The lowest BCUT2D eigenvalue weighted by atomic mass is 10.1. The predicted octanol–water partition coefficient (Wildman–Crippen LogP) is 3.42. The van der Waals surface area contributed by atoms with Gasteiger partial charge < -0.3 is 15.2 Å². The molecule has 0 aliphatic heterocycles. The molecule has 0 atom stereocenters. The van der Waals surface area contributed by atoms with Gasteiger partial charge in [-0.3, -0.25) is 0 Å². The quantitative estimate of drug-likeness (QED) is 0.686. The lowest BCUT2D eigenvalue weighted by Crippen LogP contribution is -1.99. The van der Waals surface area contributed by atoms with Crippen molar-refractivity contribution in [3.8, 4) is 58.7 Å². The van der Waals surface area contributed by atoms with Crippen LogP contribution < -0.4 is 15.2 Å². The number of nitrogens with zero attached hydrogens (tertiary/aromatic N) is 2. The normalized spacial score (nSPS) is 9.85. The molecule has 0 radical (unpaired) electrons. The Bertz CT molecular complexity index is 952. The topological polar surface area (TPSA) is 70.3 Å². The van der Waals surface area contributed by atoms with E-state index in [4.69, 9.17) is 28.1 Å². The number of terminal acetylenes is 2. The minimum Gasteiger partial charge on any atom is -0.481 e. The molecule has 0 spiro atoms. The Labute approximate surface area is 158 Å². The average molecular weight is 355 g/mol. The number of nitrogen functional groups attached to an aromatic ring is 1. The van der Waals surface area contributed by atoms with Crippen molar-refractivity contribution in [3.63, 3.8) is 0 Å². The van der Waals surface area contributed by atoms with Crippen LogP contribution in [0.2, 0.25) is 0 Å². The fourth-order valence-corrected chi connectivity index (χ4v) is 2.50. The lowest BCUT2D eigenvalue weighted by Gasteiger charge is -2.09. The van der Waals surface area contributed by atoms with Crippen molar-refractivity contribution < 1.29 is 9.47 Å². The molecule has 0 aliphatic carbocycles. The van der Waals surface area contributed by atoms with E-state index in [-0.39, 0.29) is 19.2 Å². The number of nitrogens with two attached hydrogens (primary N) is 1. The highest BCUT2D eigenvalue weighted by Crippen LogP contribution is 2.28. The average Bonchev–Trinajstić information content (AvgIpc) is 2.70. The van der Waals surface area contributed by atoms with Gasteiger partial charge in [0.25, 0.3) is 0 Å². The number of rotatable bonds is 6. The molecule has 0 bridgehead atoms. The van der Waals surface area contributed by atoms with Crippen LogP contribution in [0.5, 0.6) is 11.5 Å². The number of aromatic nitrogens is 2. The Morgan fingerprint density at radius 3 is 1.70 bits per heavy atom. The molecule has 0 saturated heterocycles. The molecule has 3 rings (SSSR count). The van der Waals surface area contributed by atoms with E-state index >= 15 is 0 Å². The first-order valence-electron chi connectivity index (χ1n) is 8.17. The Hall–Kier alpha value is -3.96. The standard InChI is InChI=1S/C22H17N3O2/c1-3-11-26-18-9-5-7-16(13-18)20-15-21(25-22(23)24-20)17-8-6-10-19(14-17)27-12-4-2/h1-2,5-10,13-15H,11-12H2,(H2,23,24,25). The summed E-state index contributed by atoms with van der Waals surface area (Å²) in [6.07, 6.45) is 10.5. The number of hydrogen-bond donors (Lipinski definition) is 1. The molecule has 1 aromatic heterocycles. The molecular weight excluding hydrogens is 338 g/mol. The highest BCUT2D eigenvalue weighted by Gasteiger charge is 2.09. The maximum absolute atomic E-state index is 5.93. The number of anilines is 1. The smallest absolute Gasteiger partial charge is 0.221 e. The Morgan fingerprint density at radius 2 is 1.26 bits per heavy atom. The third-order valence-corrected chi connectivity index (χ3v) is 3.65. The zero-order chi connectivity index (χ0) is 19.1. The number of benzene rings is 2. The van der Waals surface area contributed by atoms with Gasteiger partial charge in [-0.25, -0.2) is 9.97 Å². The summed E-state index contributed by atoms with van der Waals surface area (Å²) in [6, 6.07) is 16.8. The summed E-state index contributed by atoms with van der Waals surface area (Å²) >= 11 is 0. The highest BCUT2D eigenvalue weighted by atomic mass is 16.5. The van der Waals surface area contributed by atoms with E-state index in [1.165, 1.54) is 0 Å². The summed E-state index contributed by atoms with van der Waals surface area (Å²) in [7, 11) is 0. The van der Waals surface area contributed by atoms with Crippen molar-refractivity contribution in [1.82, 2.24) is 9.97 Å². The maximum atomic E-state index is 5.93. The van der Waals surface area contributed by atoms with Crippen LogP contribution >= 0.6 is 0 Å². The van der Waals surface area contributed by atoms with Crippen LogP contribution in [-0.4, -0.2) is 23.2 Å². The Balaban J connectivity index is 1.96. The largest absolute Gasteiger partial charge is 0.481 e. The molecule has 2 aromatic carbocycles. The maximum Gasteiger partial charge on any atom is 0.221 e. The lowest BCUT2D eigenvalue weighted by molar-refractivity contribution is 0.370. The molecule has 5 nitrogen and oxygen atoms in total. The van der Waals surface area contributed by atoms with Crippen LogP contribution in [-0.2, 0) is 0 Å². The van der Waals surface area contributed by atoms with E-state index in [1.807, 2.05) is 54.6 Å². The summed E-state index contributed by atoms with van der Waals surface area (Å²) in [5.41, 5.74) is 8.99. The van der Waals surface area contributed by atoms with E-state index < -0.39 is 0 Å². The van der Waals surface area contributed by atoms with E-state index in [0.717, 1.165) is 11.1 Å². The van der Waals surface area contributed by atoms with Gasteiger partial charge in [0.1, 0.15) is 24.7 Å². The molecule has 0 unspecified atom stereocenters. The van der Waals surface area contributed by atoms with Crippen molar-refractivity contribution in [2.75, 3.05) is 18.9 Å². The van der Waals surface area contributed by atoms with Gasteiger partial charge in [-0.05, 0) is 30.3 Å². The van der Waals surface area contributed by atoms with Crippen molar-refractivity contribution >= 4 is 5.95 Å². The van der Waals surface area contributed by atoms with Gasteiger partial charge in [0.15, 0.2) is 0 Å². The molecule has 0 fully saturated rings. The monoisotopic (exact) mass is 355 g/mol. The third kappa shape index (κ3) is 4.56. The van der Waals surface area contributed by atoms with Crippen molar-refractivity contribution in [3.05, 3.63) is 54.6 Å². The Kier molecular flexibility index (Phi) is 5.57. The van der Waals surface area contributed by atoms with Gasteiger partial charge in [-0.1, -0.05) is 36.1 Å². The number of hydrogen-bond acceptors (Lipinski definition) is 5. The SMILES string of the molecule is C#CCOc1cccc(-c2cc(-c3cccc(OCC#C)c3)nc(N)n2)c1. The molecule has 5 heteroatoms. The Morgan fingerprint density at radius 1 is 0.778 bits per heavy atom. The van der Waals surface area contributed by atoms with Gasteiger partial charge >= 0.3 is 0 Å². The zero-order valence-electron chi connectivity index (χ0n) is 14.6. The van der Waals surface area contributed by atoms with Crippen LogP contribution in [0.1, 0.15) is 0 Å². The van der Waals surface area contributed by atoms with Gasteiger partial charge in [-0.2, -0.15) is 0 Å². The molecule has 3 aromatic rings. The van der Waals surface area contributed by atoms with Crippen molar-refractivity contribution in [2.45, 2.75) is 0 Å². The molecule has 132 valence electrons. The highest BCUT2D eigenvalue weighted by molar-refractivity contribution is 5.70. The summed E-state index contributed by atoms with van der Waals surface area (Å²) < 4.78 is 10.9. The first-order valence-corrected chi connectivity index (χ1v) is 8.17. The summed E-state index contributed by atoms with van der Waals surface area (Å²) in [5.74, 6) is 6.38. The number of ether oxygens (including phenoxy) is 2. The summed E-state index contributed by atoms with van der Waals surface area (Å²) in [4.78, 5) is 8.67. The minimum atomic E-state index is 0.174. The van der Waals surface area contributed by atoms with E-state index in [9.17, 15) is 0 Å². The first-order chi connectivity index (χ1) is 13.2. The fourth-order valence-electron chi connectivity index (χ4n) is 2.50. The van der Waals surface area contributed by atoms with Gasteiger partial charge in [0.05, 0.1) is 11.4 Å². The summed E-state index contributed by atoms with van der Waals surface area (Å²) in [5, 5.41) is 0. The second kappa shape index (κ2) is 8.42. The summed E-state index contributed by atoms with van der Waals surface area (Å²) in [6.45, 7) is 0.399. The third-order valence-electron chi connectivity index (χ3n) is 3.65. The van der Waals surface area contributed by atoms with Crippen molar-refractivity contribution in [2.24, 2.45) is 0 Å². The van der Waals surface area contributed by atoms with Crippen LogP contribution in [0.4, 0.5) is 5.95 Å². The molecule has 2 N–H and O–H groups in total. The van der Waals surface area contributed by atoms with Gasteiger partial charge in [0.2, 0.25) is 5.95 Å². The first kappa shape index (κ1) is 17.8. The van der Waals surface area contributed by atoms with Crippen LogP contribution in [0.25, 0.3) is 22.5 Å². The van der Waals surface area contributed by atoms with E-state index in [1.54, 1.807) is 0 Å². The molecular formula is C22H17N3O2. The van der Waals surface area contributed by atoms with E-state index in [0.29, 0.717) is 22.9 Å². The van der Waals surface area contributed by atoms with Crippen molar-refractivity contribution in [1.29, 1.82) is 0 Å². The van der Waals surface area contributed by atoms with Crippen LogP contribution in [0, 0.1) is 24.7 Å². The molecule has 0 aliphatic rings. The van der Waals surface area contributed by atoms with Crippen LogP contribution in [0.3, 0.4) is 0 Å². The second-order valence-electron chi connectivity index (χ2n) is 5.54. The van der Waals surface area contributed by atoms with Gasteiger partial charge in [-0.15, -0.1) is 12.8 Å². The van der Waals surface area contributed by atoms with E-state index in [2.05, 4.69) is 21.8 Å². The molecule has 0 saturated carbocycles. The minimum absolute atomic E-state index is 0.174. The molecule has 27 heavy (non-hydrogen) atoms.